The summed E-state index contributed by atoms with van der Waals surface area (Å²) in [7, 11) is 3.20. The monoisotopic (exact) mass is 489 g/mol. The summed E-state index contributed by atoms with van der Waals surface area (Å²) in [5, 5.41) is 12.7. The predicted molar refractivity (Wildman–Crippen MR) is 138 cm³/mol. The van der Waals surface area contributed by atoms with Crippen LogP contribution in [0.15, 0.2) is 47.3 Å². The number of fused-ring (bicyclic) bond motifs is 1. The minimum atomic E-state index is -0.808. The molecule has 2 heterocycles. The summed E-state index contributed by atoms with van der Waals surface area (Å²) < 4.78 is 13.6. The van der Waals surface area contributed by atoms with Crippen molar-refractivity contribution in [3.05, 3.63) is 75.3 Å². The molecule has 0 fully saturated rings. The fraction of sp³-hybridized carbons (Fsp3) is 0.333. The first-order valence-electron chi connectivity index (χ1n) is 11.8. The third-order valence-corrected chi connectivity index (χ3v) is 6.35. The average molecular weight is 490 g/mol. The molecular formula is C27H31N5O4. The summed E-state index contributed by atoms with van der Waals surface area (Å²) in [6.45, 7) is 7.78. The first-order valence-corrected chi connectivity index (χ1v) is 11.8. The van der Waals surface area contributed by atoms with E-state index in [0.717, 1.165) is 28.3 Å². The number of benzene rings is 2. The van der Waals surface area contributed by atoms with Crippen LogP contribution in [-0.4, -0.2) is 46.2 Å². The predicted octanol–water partition coefficient (Wildman–Crippen LogP) is 3.44. The van der Waals surface area contributed by atoms with Crippen LogP contribution >= 0.6 is 0 Å². The summed E-state index contributed by atoms with van der Waals surface area (Å²) in [6.07, 6.45) is 0.541. The highest BCUT2D eigenvalue weighted by atomic mass is 16.5. The van der Waals surface area contributed by atoms with Crippen molar-refractivity contribution in [2.45, 2.75) is 40.2 Å². The maximum absolute atomic E-state index is 13.3. The zero-order chi connectivity index (χ0) is 26.0. The number of ether oxygens (including phenoxy) is 2. The largest absolute Gasteiger partial charge is 0.497 e. The molecule has 2 aromatic heterocycles. The van der Waals surface area contributed by atoms with Crippen LogP contribution in [0, 0.1) is 20.8 Å². The summed E-state index contributed by atoms with van der Waals surface area (Å²) in [5.41, 5.74) is 4.27. The Hall–Kier alpha value is -4.14. The zero-order valence-corrected chi connectivity index (χ0v) is 21.5. The molecule has 188 valence electrons. The Morgan fingerprint density at radius 1 is 1.03 bits per heavy atom. The van der Waals surface area contributed by atoms with Gasteiger partial charge < -0.3 is 14.8 Å². The van der Waals surface area contributed by atoms with Gasteiger partial charge in [0.2, 0.25) is 5.91 Å². The number of amides is 1. The normalized spacial score (nSPS) is 11.9. The highest BCUT2D eigenvalue weighted by Gasteiger charge is 2.23. The van der Waals surface area contributed by atoms with Gasteiger partial charge >= 0.3 is 0 Å². The van der Waals surface area contributed by atoms with Crippen molar-refractivity contribution < 1.29 is 14.3 Å². The Balaban J connectivity index is 1.56. The number of aromatic nitrogens is 4. The van der Waals surface area contributed by atoms with E-state index in [1.165, 1.54) is 4.68 Å². The van der Waals surface area contributed by atoms with Crippen molar-refractivity contribution in [3.8, 4) is 17.2 Å². The van der Waals surface area contributed by atoms with Gasteiger partial charge in [-0.25, -0.2) is 9.36 Å². The smallest absolute Gasteiger partial charge is 0.295 e. The minimum absolute atomic E-state index is 0.293. The van der Waals surface area contributed by atoms with Crippen molar-refractivity contribution in [1.82, 2.24) is 24.9 Å². The molecule has 0 spiro atoms. The van der Waals surface area contributed by atoms with E-state index >= 15 is 0 Å². The molecule has 0 saturated heterocycles. The Kier molecular flexibility index (Phi) is 7.10. The highest BCUT2D eigenvalue weighted by Crippen LogP contribution is 2.24. The topological polar surface area (TPSA) is 100 Å². The lowest BCUT2D eigenvalue weighted by molar-refractivity contribution is -0.124. The van der Waals surface area contributed by atoms with Crippen LogP contribution in [0.2, 0.25) is 0 Å². The van der Waals surface area contributed by atoms with Crippen LogP contribution in [0.25, 0.3) is 16.6 Å². The van der Waals surface area contributed by atoms with E-state index in [1.807, 2.05) is 63.2 Å². The number of hydrogen-bond acceptors (Lipinski definition) is 6. The van der Waals surface area contributed by atoms with E-state index in [1.54, 1.807) is 25.8 Å². The fourth-order valence-corrected chi connectivity index (χ4v) is 4.31. The number of carbonyl (C=O) groups excluding carboxylic acids is 1. The van der Waals surface area contributed by atoms with Gasteiger partial charge in [-0.05, 0) is 70.0 Å². The van der Waals surface area contributed by atoms with Crippen LogP contribution in [-0.2, 0) is 11.2 Å². The number of aryl methyl sites for hydroxylation is 3. The molecule has 1 amide bonds. The molecule has 9 heteroatoms. The molecule has 2 aromatic carbocycles. The van der Waals surface area contributed by atoms with Gasteiger partial charge in [0.05, 0.1) is 36.7 Å². The second kappa shape index (κ2) is 10.2. The van der Waals surface area contributed by atoms with Gasteiger partial charge in [0, 0.05) is 6.54 Å². The molecule has 9 nitrogen and oxygen atoms in total. The van der Waals surface area contributed by atoms with Crippen molar-refractivity contribution >= 4 is 16.8 Å². The summed E-state index contributed by atoms with van der Waals surface area (Å²) in [6, 6.07) is 12.6. The molecular weight excluding hydrogens is 458 g/mol. The molecule has 1 N–H and O–H groups in total. The summed E-state index contributed by atoms with van der Waals surface area (Å²) in [5.74, 6) is 1.13. The van der Waals surface area contributed by atoms with Crippen LogP contribution in [0.1, 0.15) is 35.5 Å². The molecule has 0 radical (unpaired) electrons. The maximum atomic E-state index is 13.3. The van der Waals surface area contributed by atoms with E-state index < -0.39 is 11.6 Å². The molecule has 36 heavy (non-hydrogen) atoms. The van der Waals surface area contributed by atoms with Crippen LogP contribution < -0.4 is 20.3 Å². The SMILES string of the molecule is COc1ccc(OC)c(CCNC(=O)[C@@H](C)n2nc(C)c3c(C)n(-c4ccc(C)cc4)nc3c2=O)c1. The molecule has 4 rings (SSSR count). The molecule has 1 atom stereocenters. The number of nitrogens with one attached hydrogen (secondary N) is 1. The second-order valence-electron chi connectivity index (χ2n) is 8.79. The van der Waals surface area contributed by atoms with E-state index in [2.05, 4.69) is 15.5 Å². The van der Waals surface area contributed by atoms with E-state index in [0.29, 0.717) is 35.3 Å². The van der Waals surface area contributed by atoms with E-state index in [9.17, 15) is 9.59 Å². The lowest BCUT2D eigenvalue weighted by atomic mass is 10.1. The van der Waals surface area contributed by atoms with E-state index in [-0.39, 0.29) is 5.91 Å². The van der Waals surface area contributed by atoms with Crippen LogP contribution in [0.4, 0.5) is 0 Å². The third-order valence-electron chi connectivity index (χ3n) is 6.35. The van der Waals surface area contributed by atoms with Crippen LogP contribution in [0.5, 0.6) is 11.5 Å². The molecule has 0 saturated carbocycles. The minimum Gasteiger partial charge on any atom is -0.497 e. The van der Waals surface area contributed by atoms with Gasteiger partial charge in [-0.3, -0.25) is 9.59 Å². The zero-order valence-electron chi connectivity index (χ0n) is 21.5. The Morgan fingerprint density at radius 2 is 1.75 bits per heavy atom. The van der Waals surface area contributed by atoms with Gasteiger partial charge in [-0.1, -0.05) is 17.7 Å². The fourth-order valence-electron chi connectivity index (χ4n) is 4.31. The summed E-state index contributed by atoms with van der Waals surface area (Å²) >= 11 is 0. The number of methoxy groups -OCH3 is 2. The lowest BCUT2D eigenvalue weighted by Gasteiger charge is -2.15. The number of nitrogens with zero attached hydrogens (tertiary/aromatic N) is 4. The Morgan fingerprint density at radius 3 is 2.42 bits per heavy atom. The number of rotatable bonds is 8. The van der Waals surface area contributed by atoms with Crippen molar-refractivity contribution in [1.29, 1.82) is 0 Å². The van der Waals surface area contributed by atoms with Crippen molar-refractivity contribution in [3.63, 3.8) is 0 Å². The van der Waals surface area contributed by atoms with Gasteiger partial charge in [0.1, 0.15) is 17.5 Å². The number of hydrogen-bond donors (Lipinski definition) is 1. The van der Waals surface area contributed by atoms with Gasteiger partial charge in [-0.2, -0.15) is 10.2 Å². The molecule has 0 aliphatic rings. The first kappa shape index (κ1) is 25.0. The third kappa shape index (κ3) is 4.68. The summed E-state index contributed by atoms with van der Waals surface area (Å²) in [4.78, 5) is 26.3. The molecule has 0 aliphatic heterocycles. The van der Waals surface area contributed by atoms with Crippen molar-refractivity contribution in [2.24, 2.45) is 0 Å². The Labute approximate surface area is 209 Å². The lowest BCUT2D eigenvalue weighted by Crippen LogP contribution is -2.38. The van der Waals surface area contributed by atoms with Gasteiger partial charge in [0.15, 0.2) is 5.52 Å². The Bertz CT molecular complexity index is 1470. The molecule has 0 aliphatic carbocycles. The number of carbonyl (C=O) groups is 1. The maximum Gasteiger partial charge on any atom is 0.295 e. The molecule has 0 bridgehead atoms. The van der Waals surface area contributed by atoms with E-state index in [4.69, 9.17) is 9.47 Å². The van der Waals surface area contributed by atoms with Gasteiger partial charge in [0.25, 0.3) is 5.56 Å². The molecule has 4 aromatic rings. The van der Waals surface area contributed by atoms with Gasteiger partial charge in [-0.15, -0.1) is 0 Å². The van der Waals surface area contributed by atoms with Crippen LogP contribution in [0.3, 0.4) is 0 Å². The highest BCUT2D eigenvalue weighted by molar-refractivity contribution is 5.84. The second-order valence-corrected chi connectivity index (χ2v) is 8.79. The average Bonchev–Trinajstić information content (AvgIpc) is 3.24. The van der Waals surface area contributed by atoms with Crippen molar-refractivity contribution in [2.75, 3.05) is 20.8 Å². The quantitative estimate of drug-likeness (QED) is 0.407. The first-order chi connectivity index (χ1) is 17.2. The molecule has 0 unspecified atom stereocenters. The standard InChI is InChI=1S/C27H31N5O4/c1-16-7-9-21(10-8-16)31-18(3)24-17(2)29-32(27(34)25(24)30-31)19(4)26(33)28-14-13-20-15-22(35-5)11-12-23(20)36-6/h7-12,15,19H,13-14H2,1-6H3,(H,28,33)/t19-/m1/s1.